The fourth-order valence-electron chi connectivity index (χ4n) is 6.11. The highest BCUT2D eigenvalue weighted by atomic mass is 19.4. The molecule has 2 aromatic carbocycles. The molecule has 14 heteroatoms. The second-order valence-corrected chi connectivity index (χ2v) is 12.1. The molecule has 2 saturated heterocycles. The first-order chi connectivity index (χ1) is 22.9. The summed E-state index contributed by atoms with van der Waals surface area (Å²) in [7, 11) is 0. The highest BCUT2D eigenvalue weighted by Crippen LogP contribution is 2.37. The molecule has 6 rings (SSSR count). The van der Waals surface area contributed by atoms with Crippen molar-refractivity contribution in [3.63, 3.8) is 0 Å². The number of aliphatic hydroxyl groups excluding tert-OH is 1. The zero-order chi connectivity index (χ0) is 34.2. The van der Waals surface area contributed by atoms with E-state index < -0.39 is 35.5 Å². The maximum Gasteiger partial charge on any atom is 0.437 e. The van der Waals surface area contributed by atoms with Crippen LogP contribution in [0, 0.1) is 19.7 Å². The predicted molar refractivity (Wildman–Crippen MR) is 169 cm³/mol. The minimum Gasteiger partial charge on any atom is -0.417 e. The predicted octanol–water partition coefficient (Wildman–Crippen LogP) is 5.47. The molecule has 4 heterocycles. The average molecular weight is 667 g/mol. The van der Waals surface area contributed by atoms with Crippen molar-refractivity contribution in [1.29, 1.82) is 0 Å². The van der Waals surface area contributed by atoms with Gasteiger partial charge in [-0.15, -0.1) is 0 Å². The van der Waals surface area contributed by atoms with E-state index in [-0.39, 0.29) is 30.1 Å². The summed E-state index contributed by atoms with van der Waals surface area (Å²) in [5, 5.41) is 13.2. The molecule has 10 nitrogen and oxygen atoms in total. The van der Waals surface area contributed by atoms with Crippen molar-refractivity contribution in [2.45, 2.75) is 38.5 Å². The number of pyridine rings is 1. The third kappa shape index (κ3) is 6.98. The summed E-state index contributed by atoms with van der Waals surface area (Å²) in [5.74, 6) is -2.47. The minimum atomic E-state index is -4.95. The van der Waals surface area contributed by atoms with Gasteiger partial charge in [0.2, 0.25) is 5.76 Å². The van der Waals surface area contributed by atoms with Crippen molar-refractivity contribution in [2.24, 2.45) is 0 Å². The van der Waals surface area contributed by atoms with Gasteiger partial charge in [-0.1, -0.05) is 35.9 Å². The lowest BCUT2D eigenvalue weighted by molar-refractivity contribution is -0.142. The van der Waals surface area contributed by atoms with E-state index in [1.54, 1.807) is 23.1 Å². The lowest BCUT2D eigenvalue weighted by Crippen LogP contribution is -2.50. The number of piperazine rings is 1. The second kappa shape index (κ2) is 13.3. The Kier molecular flexibility index (Phi) is 9.10. The molecule has 0 saturated carbocycles. The third-order valence-corrected chi connectivity index (χ3v) is 8.75. The van der Waals surface area contributed by atoms with Crippen LogP contribution in [-0.2, 0) is 11.0 Å². The van der Waals surface area contributed by atoms with Crippen LogP contribution in [0.2, 0.25) is 0 Å². The Balaban J connectivity index is 1.08. The molecule has 2 amide bonds. The molecule has 2 aliphatic heterocycles. The van der Waals surface area contributed by atoms with Crippen molar-refractivity contribution in [2.75, 3.05) is 54.4 Å². The molecule has 0 aliphatic carbocycles. The van der Waals surface area contributed by atoms with Gasteiger partial charge in [0.15, 0.2) is 11.8 Å². The van der Waals surface area contributed by atoms with Gasteiger partial charge in [-0.05, 0) is 61.2 Å². The number of anilines is 3. The van der Waals surface area contributed by atoms with Gasteiger partial charge in [-0.2, -0.15) is 18.2 Å². The van der Waals surface area contributed by atoms with Crippen molar-refractivity contribution < 1.29 is 36.7 Å². The van der Waals surface area contributed by atoms with E-state index in [9.17, 15) is 32.3 Å². The van der Waals surface area contributed by atoms with Crippen LogP contribution in [0.15, 0.2) is 65.2 Å². The molecule has 0 bridgehead atoms. The van der Waals surface area contributed by atoms with E-state index in [4.69, 9.17) is 4.42 Å². The van der Waals surface area contributed by atoms with Crippen molar-refractivity contribution in [1.82, 2.24) is 14.9 Å². The van der Waals surface area contributed by atoms with Crippen LogP contribution in [0.4, 0.5) is 35.1 Å². The molecule has 2 unspecified atom stereocenters. The van der Waals surface area contributed by atoms with Crippen molar-refractivity contribution in [3.05, 3.63) is 100 Å². The second-order valence-electron chi connectivity index (χ2n) is 12.1. The van der Waals surface area contributed by atoms with E-state index in [1.807, 2.05) is 36.9 Å². The van der Waals surface area contributed by atoms with Crippen LogP contribution in [0.5, 0.6) is 0 Å². The van der Waals surface area contributed by atoms with Gasteiger partial charge in [-0.3, -0.25) is 9.59 Å². The number of rotatable bonds is 7. The molecule has 2 atom stereocenters. The Morgan fingerprint density at radius 3 is 2.46 bits per heavy atom. The van der Waals surface area contributed by atoms with Gasteiger partial charge in [0, 0.05) is 45.2 Å². The highest BCUT2D eigenvalue weighted by Gasteiger charge is 2.42. The number of nitrogens with one attached hydrogen (secondary N) is 1. The van der Waals surface area contributed by atoms with Gasteiger partial charge >= 0.3 is 6.18 Å². The first kappa shape index (κ1) is 32.9. The summed E-state index contributed by atoms with van der Waals surface area (Å²) in [5.41, 5.74) is 1.78. The number of benzene rings is 2. The number of hydrogen-bond donors (Lipinski definition) is 2. The van der Waals surface area contributed by atoms with E-state index in [1.165, 1.54) is 29.3 Å². The molecule has 0 spiro atoms. The van der Waals surface area contributed by atoms with E-state index in [0.717, 1.165) is 16.7 Å². The topological polar surface area (TPSA) is 115 Å². The van der Waals surface area contributed by atoms with Crippen LogP contribution < -0.4 is 15.1 Å². The summed E-state index contributed by atoms with van der Waals surface area (Å²) in [6.07, 6.45) is -4.34. The number of carbonyl (C=O) groups is 2. The van der Waals surface area contributed by atoms with Gasteiger partial charge in [-0.25, -0.2) is 9.37 Å². The Bertz CT molecular complexity index is 1800. The number of nitrogens with zero attached hydrogens (tertiary/aromatic N) is 5. The summed E-state index contributed by atoms with van der Waals surface area (Å²) in [6.45, 7) is 5.91. The van der Waals surface area contributed by atoms with E-state index in [0.29, 0.717) is 50.5 Å². The average Bonchev–Trinajstić information content (AvgIpc) is 3.75. The Labute approximate surface area is 274 Å². The molecule has 0 radical (unpaired) electrons. The SMILES string of the molecule is Cc1ccc(C)c(C(O)C(=O)N2CCN(c3ccc(NC(=O)c4oc(N5CCC(c6cccc(F)c6)C5)nc4C(F)(F)F)cn3)CC2)c1. The zero-order valence-electron chi connectivity index (χ0n) is 26.3. The Morgan fingerprint density at radius 1 is 1.00 bits per heavy atom. The number of hydrogen-bond acceptors (Lipinski definition) is 8. The smallest absolute Gasteiger partial charge is 0.417 e. The van der Waals surface area contributed by atoms with Crippen molar-refractivity contribution in [3.8, 4) is 0 Å². The third-order valence-electron chi connectivity index (χ3n) is 8.75. The van der Waals surface area contributed by atoms with Gasteiger partial charge < -0.3 is 29.5 Å². The van der Waals surface area contributed by atoms with E-state index in [2.05, 4.69) is 15.3 Å². The maximum atomic E-state index is 13.9. The number of aryl methyl sites for hydroxylation is 2. The van der Waals surface area contributed by atoms with Crippen molar-refractivity contribution >= 4 is 29.3 Å². The minimum absolute atomic E-state index is 0.137. The summed E-state index contributed by atoms with van der Waals surface area (Å²) >= 11 is 0. The highest BCUT2D eigenvalue weighted by molar-refractivity contribution is 6.03. The van der Waals surface area contributed by atoms with Crippen LogP contribution in [0.25, 0.3) is 0 Å². The molecular formula is C34H34F4N6O4. The van der Waals surface area contributed by atoms with Gasteiger partial charge in [0.25, 0.3) is 17.8 Å². The first-order valence-corrected chi connectivity index (χ1v) is 15.5. The quantitative estimate of drug-likeness (QED) is 0.250. The number of aromatic nitrogens is 2. The monoisotopic (exact) mass is 666 g/mol. The van der Waals surface area contributed by atoms with Crippen LogP contribution in [0.1, 0.15) is 56.9 Å². The molecule has 4 aromatic rings. The standard InChI is InChI=1S/C34H34F4N6O4/c1-20-6-7-21(2)26(16-20)28(45)32(47)43-14-12-42(13-15-43)27-9-8-25(18-39-27)40-31(46)29-30(34(36,37)38)41-33(48-29)44-11-10-23(19-44)22-4-3-5-24(35)17-22/h3-9,16-18,23,28,45H,10-15,19H2,1-2H3,(H,40,46). The fourth-order valence-corrected chi connectivity index (χ4v) is 6.11. The summed E-state index contributed by atoms with van der Waals surface area (Å²) in [6, 6.07) is 14.4. The molecule has 2 N–H and O–H groups in total. The number of amides is 2. The normalized spacial score (nSPS) is 17.5. The fraction of sp³-hybridized carbons (Fsp3) is 0.353. The largest absolute Gasteiger partial charge is 0.437 e. The maximum absolute atomic E-state index is 13.9. The molecule has 48 heavy (non-hydrogen) atoms. The lowest BCUT2D eigenvalue weighted by Gasteiger charge is -2.36. The van der Waals surface area contributed by atoms with Crippen LogP contribution in [-0.4, -0.2) is 71.1 Å². The number of oxazole rings is 1. The molecule has 2 aliphatic rings. The molecule has 2 aromatic heterocycles. The van der Waals surface area contributed by atoms with Gasteiger partial charge in [0.1, 0.15) is 11.6 Å². The molecule has 252 valence electrons. The summed E-state index contributed by atoms with van der Waals surface area (Å²) < 4.78 is 60.9. The van der Waals surface area contributed by atoms with Crippen LogP contribution in [0.3, 0.4) is 0 Å². The Hall–Kier alpha value is -4.98. The molecule has 2 fully saturated rings. The number of aliphatic hydroxyl groups is 1. The van der Waals surface area contributed by atoms with Crippen LogP contribution >= 0.6 is 0 Å². The number of halogens is 4. The van der Waals surface area contributed by atoms with E-state index >= 15 is 0 Å². The molecular weight excluding hydrogens is 632 g/mol. The zero-order valence-corrected chi connectivity index (χ0v) is 26.3. The number of carbonyl (C=O) groups excluding carboxylic acids is 2. The van der Waals surface area contributed by atoms with Gasteiger partial charge in [0.05, 0.1) is 11.9 Å². The summed E-state index contributed by atoms with van der Waals surface area (Å²) in [4.78, 5) is 39.1. The Morgan fingerprint density at radius 2 is 1.77 bits per heavy atom. The lowest BCUT2D eigenvalue weighted by atomic mass is 9.98. The first-order valence-electron chi connectivity index (χ1n) is 15.5. The number of alkyl halides is 3.